The molecule has 2 aliphatic rings. The lowest BCUT2D eigenvalue weighted by Crippen LogP contribution is -2.32. The van der Waals surface area contributed by atoms with Gasteiger partial charge in [-0.3, -0.25) is 0 Å². The number of nitrogens with zero attached hydrogens (tertiary/aromatic N) is 3. The summed E-state index contributed by atoms with van der Waals surface area (Å²) in [5.41, 5.74) is 4.76. The summed E-state index contributed by atoms with van der Waals surface area (Å²) in [6.45, 7) is 10.3. The second-order valence-electron chi connectivity index (χ2n) is 11.4. The van der Waals surface area contributed by atoms with Crippen molar-refractivity contribution in [2.45, 2.75) is 63.9 Å². The van der Waals surface area contributed by atoms with Gasteiger partial charge >= 0.3 is 0 Å². The molecule has 0 saturated carbocycles. The Balaban J connectivity index is 1.64. The van der Waals surface area contributed by atoms with E-state index in [1.165, 1.54) is 0 Å². The maximum Gasteiger partial charge on any atom is 0.264 e. The first kappa shape index (κ1) is 26.6. The highest BCUT2D eigenvalue weighted by atomic mass is 32.2. The zero-order valence-electron chi connectivity index (χ0n) is 22.9. The minimum absolute atomic E-state index is 0.0134. The average Bonchev–Trinajstić information content (AvgIpc) is 2.99. The van der Waals surface area contributed by atoms with Crippen LogP contribution < -0.4 is 9.46 Å². The lowest BCUT2D eigenvalue weighted by atomic mass is 9.79. The van der Waals surface area contributed by atoms with Crippen LogP contribution in [0.3, 0.4) is 0 Å². The number of ether oxygens (including phenoxy) is 1. The molecule has 202 valence electrons. The predicted molar refractivity (Wildman–Crippen MR) is 151 cm³/mol. The van der Waals surface area contributed by atoms with E-state index >= 15 is 0 Å². The van der Waals surface area contributed by atoms with Crippen LogP contribution in [0, 0.1) is 25.7 Å². The van der Waals surface area contributed by atoms with Gasteiger partial charge in [0.1, 0.15) is 6.10 Å². The molecule has 3 aromatic rings. The fourth-order valence-electron chi connectivity index (χ4n) is 5.97. The third-order valence-corrected chi connectivity index (χ3v) is 9.14. The molecule has 0 radical (unpaired) electrons. The number of hydrogen-bond donors (Lipinski definition) is 1. The first-order valence-corrected chi connectivity index (χ1v) is 15.0. The minimum Gasteiger partial charge on any atom is -0.473 e. The zero-order valence-corrected chi connectivity index (χ0v) is 23.8. The standard InChI is InChI=1S/C30H38N4O3S/c1-19(2)12-13-23-17-34(5)18-24-15-26(23)22-10-7-11-25(14-22)38(35,36)33-30-31-27(16-28(32-30)37-24)29-20(3)8-6-9-21(29)4/h6-11,14,16,19,23-24,26H,12-13,15,17-18H2,1-5H3,(H,31,32,33)/t23-,24-,26?/m0/s1. The van der Waals surface area contributed by atoms with E-state index in [1.54, 1.807) is 6.07 Å². The maximum atomic E-state index is 13.5. The van der Waals surface area contributed by atoms with E-state index in [0.717, 1.165) is 54.6 Å². The molecule has 7 nitrogen and oxygen atoms in total. The zero-order chi connectivity index (χ0) is 27.0. The lowest BCUT2D eigenvalue weighted by Gasteiger charge is -2.29. The number of likely N-dealkylation sites (N-methyl/N-ethyl adjacent to an activating group) is 1. The summed E-state index contributed by atoms with van der Waals surface area (Å²) in [6.07, 6.45) is 2.92. The lowest BCUT2D eigenvalue weighted by molar-refractivity contribution is 0.147. The van der Waals surface area contributed by atoms with Gasteiger partial charge in [-0.2, -0.15) is 4.98 Å². The fourth-order valence-corrected chi connectivity index (χ4v) is 6.97. The van der Waals surface area contributed by atoms with Crippen molar-refractivity contribution >= 4 is 16.0 Å². The first-order chi connectivity index (χ1) is 18.1. The van der Waals surface area contributed by atoms with Crippen LogP contribution >= 0.6 is 0 Å². The normalized spacial score (nSPS) is 22.9. The van der Waals surface area contributed by atoms with Crippen LogP contribution in [0.1, 0.15) is 55.7 Å². The highest BCUT2D eigenvalue weighted by Gasteiger charge is 2.34. The molecule has 1 fully saturated rings. The second kappa shape index (κ2) is 10.7. The molecule has 3 heterocycles. The minimum atomic E-state index is -3.90. The van der Waals surface area contributed by atoms with E-state index in [4.69, 9.17) is 4.74 Å². The van der Waals surface area contributed by atoms with E-state index in [9.17, 15) is 8.42 Å². The summed E-state index contributed by atoms with van der Waals surface area (Å²) in [7, 11) is -1.75. The molecular formula is C30H38N4O3S. The molecule has 0 spiro atoms. The van der Waals surface area contributed by atoms with E-state index in [-0.39, 0.29) is 22.9 Å². The van der Waals surface area contributed by atoms with Gasteiger partial charge in [-0.15, -0.1) is 0 Å². The number of aromatic nitrogens is 2. The van der Waals surface area contributed by atoms with Crippen molar-refractivity contribution in [3.63, 3.8) is 0 Å². The molecule has 2 aromatic carbocycles. The van der Waals surface area contributed by atoms with Gasteiger partial charge in [0.25, 0.3) is 10.0 Å². The summed E-state index contributed by atoms with van der Waals surface area (Å²) < 4.78 is 36.2. The molecule has 1 aromatic heterocycles. The summed E-state index contributed by atoms with van der Waals surface area (Å²) in [6, 6.07) is 15.3. The smallest absolute Gasteiger partial charge is 0.264 e. The van der Waals surface area contributed by atoms with E-state index in [0.29, 0.717) is 23.4 Å². The molecule has 2 aliphatic heterocycles. The van der Waals surface area contributed by atoms with Crippen LogP contribution in [-0.4, -0.2) is 49.5 Å². The van der Waals surface area contributed by atoms with Crippen molar-refractivity contribution in [3.05, 3.63) is 65.2 Å². The molecular weight excluding hydrogens is 496 g/mol. The predicted octanol–water partition coefficient (Wildman–Crippen LogP) is 5.79. The Morgan fingerprint density at radius 2 is 1.79 bits per heavy atom. The number of sulfonamides is 1. The Morgan fingerprint density at radius 3 is 2.53 bits per heavy atom. The number of aryl methyl sites for hydroxylation is 2. The van der Waals surface area contributed by atoms with E-state index in [1.807, 2.05) is 50.2 Å². The van der Waals surface area contributed by atoms with Gasteiger partial charge in [-0.25, -0.2) is 18.1 Å². The van der Waals surface area contributed by atoms with Crippen LogP contribution in [0.15, 0.2) is 53.4 Å². The molecule has 1 N–H and O–H groups in total. The van der Waals surface area contributed by atoms with Gasteiger partial charge < -0.3 is 9.64 Å². The Labute approximate surface area is 226 Å². The number of hydrogen-bond acceptors (Lipinski definition) is 6. The van der Waals surface area contributed by atoms with Crippen LogP contribution in [0.4, 0.5) is 5.95 Å². The van der Waals surface area contributed by atoms with Crippen LogP contribution in [-0.2, 0) is 10.0 Å². The number of anilines is 1. The van der Waals surface area contributed by atoms with Crippen LogP contribution in [0.5, 0.6) is 5.88 Å². The van der Waals surface area contributed by atoms with E-state index in [2.05, 4.69) is 46.6 Å². The molecule has 5 rings (SSSR count). The van der Waals surface area contributed by atoms with E-state index < -0.39 is 10.0 Å². The van der Waals surface area contributed by atoms with Gasteiger partial charge in [0.2, 0.25) is 11.8 Å². The van der Waals surface area contributed by atoms with Gasteiger partial charge in [-0.1, -0.05) is 50.6 Å². The Hall–Kier alpha value is -2.97. The third kappa shape index (κ3) is 5.71. The second-order valence-corrected chi connectivity index (χ2v) is 13.1. The molecule has 1 saturated heterocycles. The quantitative estimate of drug-likeness (QED) is 0.456. The Morgan fingerprint density at radius 1 is 1.05 bits per heavy atom. The van der Waals surface area contributed by atoms with Gasteiger partial charge in [0, 0.05) is 24.7 Å². The summed E-state index contributed by atoms with van der Waals surface area (Å²) in [4.78, 5) is 11.7. The van der Waals surface area contributed by atoms with Crippen molar-refractivity contribution in [1.82, 2.24) is 14.9 Å². The van der Waals surface area contributed by atoms with Crippen molar-refractivity contribution in [1.29, 1.82) is 0 Å². The molecule has 6 bridgehead atoms. The van der Waals surface area contributed by atoms with Crippen molar-refractivity contribution in [2.24, 2.45) is 11.8 Å². The molecule has 0 amide bonds. The number of likely N-dealkylation sites (tertiary alicyclic amines) is 1. The summed E-state index contributed by atoms with van der Waals surface area (Å²) in [5.74, 6) is 1.59. The maximum absolute atomic E-state index is 13.5. The van der Waals surface area contributed by atoms with Gasteiger partial charge in [-0.05, 0) is 80.3 Å². The first-order valence-electron chi connectivity index (χ1n) is 13.5. The van der Waals surface area contributed by atoms with Crippen molar-refractivity contribution in [3.8, 4) is 17.1 Å². The molecule has 0 aliphatic carbocycles. The molecule has 1 unspecified atom stereocenters. The number of benzene rings is 2. The Kier molecular flexibility index (Phi) is 7.47. The number of rotatable bonds is 4. The van der Waals surface area contributed by atoms with Gasteiger partial charge in [0.15, 0.2) is 0 Å². The largest absolute Gasteiger partial charge is 0.473 e. The third-order valence-electron chi connectivity index (χ3n) is 7.81. The van der Waals surface area contributed by atoms with Gasteiger partial charge in [0.05, 0.1) is 10.6 Å². The average molecular weight is 535 g/mol. The van der Waals surface area contributed by atoms with Crippen molar-refractivity contribution in [2.75, 3.05) is 24.9 Å². The molecule has 38 heavy (non-hydrogen) atoms. The van der Waals surface area contributed by atoms with Crippen molar-refractivity contribution < 1.29 is 13.2 Å². The fraction of sp³-hybridized carbons (Fsp3) is 0.467. The topological polar surface area (TPSA) is 84.4 Å². The monoisotopic (exact) mass is 534 g/mol. The van der Waals surface area contributed by atoms with Crippen LogP contribution in [0.2, 0.25) is 0 Å². The highest BCUT2D eigenvalue weighted by Crippen LogP contribution is 2.39. The highest BCUT2D eigenvalue weighted by molar-refractivity contribution is 7.92. The van der Waals surface area contributed by atoms with Crippen LogP contribution in [0.25, 0.3) is 11.3 Å². The SMILES string of the molecule is Cc1cccc(C)c1-c1cc2nc(n1)NS(=O)(=O)c1cccc(c1)C1C[C@@H](CN(C)C[C@@H]1CCC(C)C)O2. The Bertz CT molecular complexity index is 1400. The summed E-state index contributed by atoms with van der Waals surface area (Å²) >= 11 is 0. The number of nitrogens with one attached hydrogen (secondary N) is 1. The number of fused-ring (bicyclic) bond motifs is 7. The molecule has 3 atom stereocenters. The molecule has 8 heteroatoms. The summed E-state index contributed by atoms with van der Waals surface area (Å²) in [5, 5.41) is 0.